The summed E-state index contributed by atoms with van der Waals surface area (Å²) in [6.07, 6.45) is 0.827. The number of hydrogen-bond acceptors (Lipinski definition) is 3. The molecular formula is C15H18BrFN2O2. The van der Waals surface area contributed by atoms with E-state index >= 15 is 0 Å². The highest BCUT2D eigenvalue weighted by molar-refractivity contribution is 9.10. The fourth-order valence-corrected chi connectivity index (χ4v) is 4.11. The molecule has 0 spiro atoms. The fourth-order valence-electron chi connectivity index (χ4n) is 3.66. The Morgan fingerprint density at radius 1 is 1.52 bits per heavy atom. The maximum Gasteiger partial charge on any atom is 0.245 e. The van der Waals surface area contributed by atoms with Crippen LogP contribution in [0, 0.1) is 17.2 Å². The van der Waals surface area contributed by atoms with E-state index in [0.717, 1.165) is 6.42 Å². The van der Waals surface area contributed by atoms with Gasteiger partial charge in [0.05, 0.1) is 11.8 Å². The highest BCUT2D eigenvalue weighted by Crippen LogP contribution is 2.58. The van der Waals surface area contributed by atoms with Crippen LogP contribution in [0.25, 0.3) is 0 Å². The normalized spacial score (nSPS) is 33.2. The lowest BCUT2D eigenvalue weighted by Crippen LogP contribution is -2.79. The van der Waals surface area contributed by atoms with Gasteiger partial charge in [-0.2, -0.15) is 0 Å². The predicted molar refractivity (Wildman–Crippen MR) is 81.3 cm³/mol. The van der Waals surface area contributed by atoms with Crippen LogP contribution in [0.2, 0.25) is 0 Å². The quantitative estimate of drug-likeness (QED) is 0.856. The largest absolute Gasteiger partial charge is 0.377 e. The van der Waals surface area contributed by atoms with Crippen LogP contribution in [0.1, 0.15) is 20.3 Å². The van der Waals surface area contributed by atoms with Gasteiger partial charge in [0.1, 0.15) is 11.4 Å². The number of nitrogens with one attached hydrogen (secondary N) is 1. The molecule has 2 fully saturated rings. The predicted octanol–water partition coefficient (Wildman–Crippen LogP) is 2.67. The molecule has 1 aromatic rings. The van der Waals surface area contributed by atoms with Gasteiger partial charge >= 0.3 is 0 Å². The summed E-state index contributed by atoms with van der Waals surface area (Å²) in [6.45, 7) is 4.56. The second kappa shape index (κ2) is 4.76. The SMILES string of the molecule is CC1(C)C2OCCC2C1(N)C(=O)Nc1ccc(F)cc1Br. The zero-order chi connectivity index (χ0) is 15.4. The molecule has 1 aliphatic carbocycles. The van der Waals surface area contributed by atoms with Crippen molar-refractivity contribution in [2.75, 3.05) is 11.9 Å². The summed E-state index contributed by atoms with van der Waals surface area (Å²) in [7, 11) is 0. The van der Waals surface area contributed by atoms with Crippen LogP contribution in [-0.4, -0.2) is 24.2 Å². The topological polar surface area (TPSA) is 64.3 Å². The Balaban J connectivity index is 1.85. The van der Waals surface area contributed by atoms with E-state index < -0.39 is 11.0 Å². The van der Waals surface area contributed by atoms with E-state index in [2.05, 4.69) is 21.2 Å². The number of hydrogen-bond donors (Lipinski definition) is 2. The van der Waals surface area contributed by atoms with Crippen molar-refractivity contribution in [2.24, 2.45) is 17.1 Å². The summed E-state index contributed by atoms with van der Waals surface area (Å²) >= 11 is 3.25. The molecule has 21 heavy (non-hydrogen) atoms. The molecule has 1 amide bonds. The number of nitrogens with two attached hydrogens (primary N) is 1. The molecule has 6 heteroatoms. The summed E-state index contributed by atoms with van der Waals surface area (Å²) in [5.41, 5.74) is 5.58. The van der Waals surface area contributed by atoms with Gasteiger partial charge in [0, 0.05) is 22.4 Å². The first-order valence-electron chi connectivity index (χ1n) is 6.95. The van der Waals surface area contributed by atoms with E-state index in [1.54, 1.807) is 0 Å². The van der Waals surface area contributed by atoms with Gasteiger partial charge in [-0.1, -0.05) is 13.8 Å². The van der Waals surface area contributed by atoms with Crippen LogP contribution in [-0.2, 0) is 9.53 Å². The van der Waals surface area contributed by atoms with Crippen molar-refractivity contribution in [1.29, 1.82) is 0 Å². The van der Waals surface area contributed by atoms with E-state index in [-0.39, 0.29) is 23.7 Å². The van der Waals surface area contributed by atoms with Crippen LogP contribution in [0.15, 0.2) is 22.7 Å². The molecule has 3 unspecified atom stereocenters. The van der Waals surface area contributed by atoms with Gasteiger partial charge < -0.3 is 15.8 Å². The first-order valence-corrected chi connectivity index (χ1v) is 7.75. The molecule has 3 rings (SSSR count). The summed E-state index contributed by atoms with van der Waals surface area (Å²) < 4.78 is 19.3. The molecule has 1 saturated heterocycles. The van der Waals surface area contributed by atoms with Gasteiger partial charge in [-0.15, -0.1) is 0 Å². The average molecular weight is 357 g/mol. The smallest absolute Gasteiger partial charge is 0.245 e. The van der Waals surface area contributed by atoms with Crippen molar-refractivity contribution >= 4 is 27.5 Å². The lowest BCUT2D eigenvalue weighted by atomic mass is 9.48. The van der Waals surface area contributed by atoms with E-state index in [4.69, 9.17) is 10.5 Å². The van der Waals surface area contributed by atoms with Crippen LogP contribution < -0.4 is 11.1 Å². The lowest BCUT2D eigenvalue weighted by molar-refractivity contribution is -0.170. The molecule has 3 N–H and O–H groups in total. The first kappa shape index (κ1) is 14.9. The summed E-state index contributed by atoms with van der Waals surface area (Å²) in [5, 5.41) is 2.82. The zero-order valence-corrected chi connectivity index (χ0v) is 13.5. The number of rotatable bonds is 2. The molecule has 1 aliphatic heterocycles. The lowest BCUT2D eigenvalue weighted by Gasteiger charge is -2.60. The number of ether oxygens (including phenoxy) is 1. The second-order valence-electron chi connectivity index (χ2n) is 6.36. The second-order valence-corrected chi connectivity index (χ2v) is 7.21. The summed E-state index contributed by atoms with van der Waals surface area (Å²) in [5.74, 6) is -0.575. The Bertz CT molecular complexity index is 607. The van der Waals surface area contributed by atoms with Gasteiger partial charge in [0.25, 0.3) is 0 Å². The standard InChI is InChI=1S/C15H18BrFN2O2/c1-14(2)12-9(5-6-21-12)15(14,18)13(20)19-11-4-3-8(17)7-10(11)16/h3-4,7,9,12H,5-6,18H2,1-2H3,(H,19,20). The van der Waals surface area contributed by atoms with Gasteiger partial charge in [-0.3, -0.25) is 4.79 Å². The third kappa shape index (κ3) is 1.96. The molecule has 3 atom stereocenters. The maximum atomic E-state index is 13.1. The van der Waals surface area contributed by atoms with E-state index in [1.165, 1.54) is 18.2 Å². The van der Waals surface area contributed by atoms with Crippen LogP contribution in [0.3, 0.4) is 0 Å². The molecule has 0 bridgehead atoms. The number of benzene rings is 1. The molecule has 4 nitrogen and oxygen atoms in total. The molecule has 2 aliphatic rings. The average Bonchev–Trinajstić information content (AvgIpc) is 2.89. The fraction of sp³-hybridized carbons (Fsp3) is 0.533. The molecule has 1 aromatic carbocycles. The summed E-state index contributed by atoms with van der Waals surface area (Å²) in [4.78, 5) is 12.7. The first-order chi connectivity index (χ1) is 9.78. The highest BCUT2D eigenvalue weighted by atomic mass is 79.9. The van der Waals surface area contributed by atoms with Crippen molar-refractivity contribution in [3.63, 3.8) is 0 Å². The van der Waals surface area contributed by atoms with Crippen LogP contribution >= 0.6 is 15.9 Å². The van der Waals surface area contributed by atoms with Crippen LogP contribution in [0.5, 0.6) is 0 Å². The van der Waals surface area contributed by atoms with Crippen LogP contribution in [0.4, 0.5) is 10.1 Å². The number of anilines is 1. The monoisotopic (exact) mass is 356 g/mol. The highest BCUT2D eigenvalue weighted by Gasteiger charge is 2.71. The van der Waals surface area contributed by atoms with E-state index in [1.807, 2.05) is 13.8 Å². The zero-order valence-electron chi connectivity index (χ0n) is 12.0. The van der Waals surface area contributed by atoms with Crippen molar-refractivity contribution < 1.29 is 13.9 Å². The van der Waals surface area contributed by atoms with E-state index in [0.29, 0.717) is 16.8 Å². The van der Waals surface area contributed by atoms with Crippen molar-refractivity contribution in [2.45, 2.75) is 31.9 Å². The minimum Gasteiger partial charge on any atom is -0.377 e. The number of halogens is 2. The van der Waals surface area contributed by atoms with Gasteiger partial charge in [0.2, 0.25) is 5.91 Å². The Hall–Kier alpha value is -0.980. The number of carbonyl (C=O) groups is 1. The van der Waals surface area contributed by atoms with Crippen molar-refractivity contribution in [3.05, 3.63) is 28.5 Å². The Morgan fingerprint density at radius 3 is 2.90 bits per heavy atom. The molecular weight excluding hydrogens is 339 g/mol. The van der Waals surface area contributed by atoms with E-state index in [9.17, 15) is 9.18 Å². The number of fused-ring (bicyclic) bond motifs is 1. The Morgan fingerprint density at radius 2 is 2.24 bits per heavy atom. The Labute approximate surface area is 131 Å². The molecule has 0 aromatic heterocycles. The third-order valence-corrected chi connectivity index (χ3v) is 5.67. The Kier molecular flexibility index (Phi) is 3.39. The molecule has 114 valence electrons. The molecule has 1 heterocycles. The van der Waals surface area contributed by atoms with Crippen molar-refractivity contribution in [1.82, 2.24) is 0 Å². The third-order valence-electron chi connectivity index (χ3n) is 5.01. The van der Waals surface area contributed by atoms with Gasteiger partial charge in [-0.25, -0.2) is 4.39 Å². The molecule has 1 saturated carbocycles. The number of carbonyl (C=O) groups excluding carboxylic acids is 1. The maximum absolute atomic E-state index is 13.1. The summed E-state index contributed by atoms with van der Waals surface area (Å²) in [6, 6.07) is 4.14. The molecule has 0 radical (unpaired) electrons. The van der Waals surface area contributed by atoms with Crippen molar-refractivity contribution in [3.8, 4) is 0 Å². The minimum atomic E-state index is -0.970. The minimum absolute atomic E-state index is 0.0323. The van der Waals surface area contributed by atoms with Gasteiger partial charge in [-0.05, 0) is 40.5 Å². The number of amides is 1. The van der Waals surface area contributed by atoms with Gasteiger partial charge in [0.15, 0.2) is 0 Å².